The zero-order valence-corrected chi connectivity index (χ0v) is 10.3. The molecule has 0 aliphatic carbocycles. The third-order valence-electron chi connectivity index (χ3n) is 2.05. The van der Waals surface area contributed by atoms with Gasteiger partial charge in [-0.2, -0.15) is 8.78 Å². The average molecular weight is 330 g/mol. The molecule has 0 radical (unpaired) electrons. The van der Waals surface area contributed by atoms with E-state index in [0.717, 1.165) is 0 Å². The average Bonchev–Trinajstić information content (AvgIpc) is 2.27. The van der Waals surface area contributed by atoms with Gasteiger partial charge in [0.1, 0.15) is 0 Å². The lowest BCUT2D eigenvalue weighted by Crippen LogP contribution is -2.35. The summed E-state index contributed by atoms with van der Waals surface area (Å²) in [6.07, 6.45) is -3.81. The van der Waals surface area contributed by atoms with E-state index in [4.69, 9.17) is 5.11 Å². The summed E-state index contributed by atoms with van der Waals surface area (Å²) < 4.78 is 49.6. The number of alkyl halides is 4. The van der Waals surface area contributed by atoms with Crippen LogP contribution in [0.2, 0.25) is 0 Å². The van der Waals surface area contributed by atoms with Gasteiger partial charge in [0.25, 0.3) is 0 Å². The number of carbonyl (C=O) groups is 1. The summed E-state index contributed by atoms with van der Waals surface area (Å²) >= 11 is 3.02. The highest BCUT2D eigenvalue weighted by Crippen LogP contribution is 2.26. The minimum atomic E-state index is -4.22. The predicted molar refractivity (Wildman–Crippen MR) is 60.5 cm³/mol. The third kappa shape index (κ3) is 3.59. The van der Waals surface area contributed by atoms with Gasteiger partial charge in [-0.15, -0.1) is 0 Å². The second kappa shape index (κ2) is 5.55. The monoisotopic (exact) mass is 329 g/mol. The molecule has 0 fully saturated rings. The van der Waals surface area contributed by atoms with Crippen LogP contribution in [0.4, 0.5) is 23.2 Å². The number of nitrogens with one attached hydrogen (secondary N) is 1. The number of rotatable bonds is 5. The lowest BCUT2D eigenvalue weighted by Gasteiger charge is -2.17. The molecule has 1 aromatic rings. The molecular formula is C10H8BrF4NO2. The van der Waals surface area contributed by atoms with Crippen molar-refractivity contribution in [1.82, 2.24) is 0 Å². The van der Waals surface area contributed by atoms with E-state index in [-0.39, 0.29) is 11.3 Å². The summed E-state index contributed by atoms with van der Waals surface area (Å²) in [7, 11) is 0. The van der Waals surface area contributed by atoms with Crippen molar-refractivity contribution in [3.63, 3.8) is 0 Å². The summed E-state index contributed by atoms with van der Waals surface area (Å²) in [5, 5.41) is 10.8. The summed E-state index contributed by atoms with van der Waals surface area (Å²) in [5.74, 6) is -5.57. The van der Waals surface area contributed by atoms with Crippen LogP contribution in [-0.2, 0) is 0 Å². The highest BCUT2D eigenvalue weighted by molar-refractivity contribution is 9.10. The predicted octanol–water partition coefficient (Wildman–Crippen LogP) is 3.46. The normalized spacial score (nSPS) is 11.7. The number of hydrogen-bond donors (Lipinski definition) is 2. The Morgan fingerprint density at radius 1 is 1.44 bits per heavy atom. The quantitative estimate of drug-likeness (QED) is 0.813. The Morgan fingerprint density at radius 2 is 2.06 bits per heavy atom. The molecule has 3 nitrogen and oxygen atoms in total. The van der Waals surface area contributed by atoms with E-state index >= 15 is 0 Å². The van der Waals surface area contributed by atoms with Gasteiger partial charge in [-0.1, -0.05) is 15.9 Å². The minimum Gasteiger partial charge on any atom is -0.478 e. The van der Waals surface area contributed by atoms with Crippen molar-refractivity contribution in [3.8, 4) is 0 Å². The molecule has 0 unspecified atom stereocenters. The molecule has 0 saturated heterocycles. The highest BCUT2D eigenvalue weighted by Gasteiger charge is 2.40. The fourth-order valence-electron chi connectivity index (χ4n) is 1.14. The van der Waals surface area contributed by atoms with Gasteiger partial charge < -0.3 is 10.4 Å². The number of carboxylic acid groups (broad SMARTS) is 1. The SMILES string of the molecule is O=C(O)c1cc(Br)ccc1NCC(F)(F)C(F)F. The van der Waals surface area contributed by atoms with Crippen LogP contribution >= 0.6 is 15.9 Å². The van der Waals surface area contributed by atoms with Gasteiger partial charge >= 0.3 is 18.3 Å². The van der Waals surface area contributed by atoms with Crippen LogP contribution in [0.3, 0.4) is 0 Å². The first-order chi connectivity index (χ1) is 8.24. The van der Waals surface area contributed by atoms with Crippen molar-refractivity contribution < 1.29 is 27.5 Å². The van der Waals surface area contributed by atoms with Gasteiger partial charge in [-0.05, 0) is 18.2 Å². The van der Waals surface area contributed by atoms with E-state index in [0.29, 0.717) is 4.47 Å². The molecule has 1 aromatic carbocycles. The summed E-state index contributed by atoms with van der Waals surface area (Å²) in [4.78, 5) is 10.8. The van der Waals surface area contributed by atoms with E-state index in [9.17, 15) is 22.4 Å². The molecule has 0 saturated carbocycles. The minimum absolute atomic E-state index is 0.147. The molecule has 0 amide bonds. The van der Waals surface area contributed by atoms with E-state index < -0.39 is 24.9 Å². The Balaban J connectivity index is 2.89. The van der Waals surface area contributed by atoms with Crippen LogP contribution in [0.15, 0.2) is 22.7 Å². The van der Waals surface area contributed by atoms with Crippen molar-refractivity contribution in [1.29, 1.82) is 0 Å². The maximum absolute atomic E-state index is 12.7. The number of aromatic carboxylic acids is 1. The molecule has 100 valence electrons. The van der Waals surface area contributed by atoms with E-state index in [2.05, 4.69) is 15.9 Å². The van der Waals surface area contributed by atoms with Gasteiger partial charge in [-0.3, -0.25) is 0 Å². The smallest absolute Gasteiger partial charge is 0.337 e. The molecule has 8 heteroatoms. The van der Waals surface area contributed by atoms with E-state index in [1.54, 1.807) is 0 Å². The molecule has 18 heavy (non-hydrogen) atoms. The first-order valence-corrected chi connectivity index (χ1v) is 5.46. The van der Waals surface area contributed by atoms with Crippen LogP contribution < -0.4 is 5.32 Å². The van der Waals surface area contributed by atoms with Crippen molar-refractivity contribution >= 4 is 27.6 Å². The van der Waals surface area contributed by atoms with Gasteiger partial charge in [-0.25, -0.2) is 13.6 Å². The fourth-order valence-corrected chi connectivity index (χ4v) is 1.50. The maximum atomic E-state index is 12.7. The first kappa shape index (κ1) is 14.7. The summed E-state index contributed by atoms with van der Waals surface area (Å²) in [6.45, 7) is -1.34. The molecular weight excluding hydrogens is 322 g/mol. The first-order valence-electron chi connectivity index (χ1n) is 4.66. The van der Waals surface area contributed by atoms with Crippen LogP contribution in [0.25, 0.3) is 0 Å². The van der Waals surface area contributed by atoms with Crippen molar-refractivity contribution in [2.75, 3.05) is 11.9 Å². The van der Waals surface area contributed by atoms with Gasteiger partial charge in [0.05, 0.1) is 12.1 Å². The molecule has 0 atom stereocenters. The standard InChI is InChI=1S/C10H8BrF4NO2/c11-5-1-2-7(6(3-5)8(17)18)16-4-10(14,15)9(12)13/h1-3,9,16H,4H2,(H,17,18). The largest absolute Gasteiger partial charge is 0.478 e. The molecule has 0 bridgehead atoms. The molecule has 2 N–H and O–H groups in total. The van der Waals surface area contributed by atoms with Crippen LogP contribution in [0, 0.1) is 0 Å². The fraction of sp³-hybridized carbons (Fsp3) is 0.300. The summed E-state index contributed by atoms with van der Waals surface area (Å²) in [5.41, 5.74) is -0.430. The Bertz CT molecular complexity index is 454. The number of halogens is 5. The Hall–Kier alpha value is -1.31. The van der Waals surface area contributed by atoms with E-state index in [1.165, 1.54) is 18.2 Å². The number of benzene rings is 1. The summed E-state index contributed by atoms with van der Waals surface area (Å²) in [6, 6.07) is 3.82. The van der Waals surface area contributed by atoms with Gasteiger partial charge in [0, 0.05) is 10.2 Å². The number of anilines is 1. The van der Waals surface area contributed by atoms with Crippen molar-refractivity contribution in [3.05, 3.63) is 28.2 Å². The zero-order valence-electron chi connectivity index (χ0n) is 8.76. The topological polar surface area (TPSA) is 49.3 Å². The Labute approximate surface area is 108 Å². The van der Waals surface area contributed by atoms with Crippen LogP contribution in [0.5, 0.6) is 0 Å². The van der Waals surface area contributed by atoms with Crippen LogP contribution in [-0.4, -0.2) is 30.0 Å². The molecule has 0 aromatic heterocycles. The van der Waals surface area contributed by atoms with Gasteiger partial charge in [0.2, 0.25) is 0 Å². The zero-order chi connectivity index (χ0) is 13.9. The molecule has 0 aliphatic heterocycles. The van der Waals surface area contributed by atoms with Crippen LogP contribution in [0.1, 0.15) is 10.4 Å². The Kier molecular flexibility index (Phi) is 4.55. The van der Waals surface area contributed by atoms with E-state index in [1.807, 2.05) is 5.32 Å². The Morgan fingerprint density at radius 3 is 2.56 bits per heavy atom. The molecule has 0 aliphatic rings. The maximum Gasteiger partial charge on any atom is 0.337 e. The molecule has 0 heterocycles. The highest BCUT2D eigenvalue weighted by atomic mass is 79.9. The lowest BCUT2D eigenvalue weighted by molar-refractivity contribution is -0.117. The second-order valence-corrected chi connectivity index (χ2v) is 4.33. The lowest BCUT2D eigenvalue weighted by atomic mass is 10.1. The number of carboxylic acids is 1. The van der Waals surface area contributed by atoms with Crippen molar-refractivity contribution in [2.45, 2.75) is 12.3 Å². The molecule has 0 spiro atoms. The number of hydrogen-bond acceptors (Lipinski definition) is 2. The molecule has 1 rings (SSSR count). The van der Waals surface area contributed by atoms with Crippen molar-refractivity contribution in [2.24, 2.45) is 0 Å². The van der Waals surface area contributed by atoms with Gasteiger partial charge in [0.15, 0.2) is 0 Å². The third-order valence-corrected chi connectivity index (χ3v) is 2.54. The second-order valence-electron chi connectivity index (χ2n) is 3.41.